The van der Waals surface area contributed by atoms with Crippen LogP contribution < -0.4 is 15.4 Å². The number of aliphatic carboxylic acids is 1. The molecular weight excluding hydrogens is 388 g/mol. The number of hydrogen-bond acceptors (Lipinski definition) is 5. The standard InChI is InChI=1S/C17H30N4O6S/c22-15(4-3-12-5-7-18-8-6-12)21-9-1-2-13(11-21)16(23)19-10-14(17(24)25)20-28(26)27/h12-14,18,20H,1-11H2,(H,19,23)(H,24,25)(H,26,27). The monoisotopic (exact) mass is 418 g/mol. The van der Waals surface area contributed by atoms with E-state index in [1.165, 1.54) is 0 Å². The number of amides is 2. The first-order valence-electron chi connectivity index (χ1n) is 9.73. The molecule has 0 aromatic carbocycles. The topological polar surface area (TPSA) is 148 Å². The molecule has 0 aromatic heterocycles. The molecule has 2 rings (SSSR count). The van der Waals surface area contributed by atoms with Crippen molar-refractivity contribution in [2.24, 2.45) is 11.8 Å². The fraction of sp³-hybridized carbons (Fsp3) is 0.824. The summed E-state index contributed by atoms with van der Waals surface area (Å²) in [6, 6.07) is -1.36. The maximum Gasteiger partial charge on any atom is 0.323 e. The van der Waals surface area contributed by atoms with Crippen LogP contribution in [0, 0.1) is 11.8 Å². The van der Waals surface area contributed by atoms with Crippen molar-refractivity contribution in [3.8, 4) is 0 Å². The van der Waals surface area contributed by atoms with Crippen LogP contribution in [0.15, 0.2) is 0 Å². The molecule has 10 nitrogen and oxygen atoms in total. The van der Waals surface area contributed by atoms with Crippen LogP contribution in [0.3, 0.4) is 0 Å². The summed E-state index contributed by atoms with van der Waals surface area (Å²) in [7, 11) is 0. The lowest BCUT2D eigenvalue weighted by molar-refractivity contribution is -0.139. The maximum absolute atomic E-state index is 12.5. The molecule has 2 heterocycles. The van der Waals surface area contributed by atoms with Gasteiger partial charge in [-0.05, 0) is 51.1 Å². The van der Waals surface area contributed by atoms with E-state index < -0.39 is 29.2 Å². The Bertz CT molecular complexity index is 584. The van der Waals surface area contributed by atoms with Crippen LogP contribution in [0.2, 0.25) is 0 Å². The van der Waals surface area contributed by atoms with Gasteiger partial charge in [-0.3, -0.25) is 18.9 Å². The first-order valence-corrected chi connectivity index (χ1v) is 10.8. The van der Waals surface area contributed by atoms with E-state index in [1.54, 1.807) is 4.90 Å². The second-order valence-corrected chi connectivity index (χ2v) is 8.15. The highest BCUT2D eigenvalue weighted by atomic mass is 32.2. The first kappa shape index (κ1) is 22.7. The maximum atomic E-state index is 12.5. The van der Waals surface area contributed by atoms with Crippen molar-refractivity contribution in [2.45, 2.75) is 44.6 Å². The highest BCUT2D eigenvalue weighted by molar-refractivity contribution is 7.77. The van der Waals surface area contributed by atoms with Crippen LogP contribution in [-0.4, -0.2) is 75.3 Å². The van der Waals surface area contributed by atoms with Crippen molar-refractivity contribution >= 4 is 29.1 Å². The zero-order chi connectivity index (χ0) is 20.5. The summed E-state index contributed by atoms with van der Waals surface area (Å²) in [5, 5.41) is 14.8. The Hall–Kier alpha value is -1.56. The van der Waals surface area contributed by atoms with E-state index in [9.17, 15) is 18.6 Å². The highest BCUT2D eigenvalue weighted by Gasteiger charge is 2.29. The molecular formula is C17H30N4O6S. The number of likely N-dealkylation sites (tertiary alicyclic amines) is 1. The van der Waals surface area contributed by atoms with Gasteiger partial charge in [0.05, 0.1) is 5.92 Å². The number of carbonyl (C=O) groups is 3. The van der Waals surface area contributed by atoms with Crippen molar-refractivity contribution in [3.63, 3.8) is 0 Å². The van der Waals surface area contributed by atoms with Gasteiger partial charge in [0.2, 0.25) is 23.1 Å². The molecule has 28 heavy (non-hydrogen) atoms. The minimum absolute atomic E-state index is 0.0665. The van der Waals surface area contributed by atoms with Gasteiger partial charge in [0.1, 0.15) is 6.04 Å². The molecule has 0 bridgehead atoms. The van der Waals surface area contributed by atoms with E-state index in [1.807, 2.05) is 4.72 Å². The minimum atomic E-state index is -2.49. The third-order valence-electron chi connectivity index (χ3n) is 5.39. The van der Waals surface area contributed by atoms with Gasteiger partial charge in [0, 0.05) is 26.1 Å². The molecule has 2 fully saturated rings. The highest BCUT2D eigenvalue weighted by Crippen LogP contribution is 2.21. The molecule has 2 amide bonds. The van der Waals surface area contributed by atoms with Gasteiger partial charge in [0.25, 0.3) is 0 Å². The SMILES string of the molecule is O=C(NCC(NS(=O)O)C(=O)O)C1CCCN(C(=O)CCC2CCNCC2)C1. The summed E-state index contributed by atoms with van der Waals surface area (Å²) < 4.78 is 21.5. The van der Waals surface area contributed by atoms with Crippen LogP contribution in [-0.2, 0) is 25.7 Å². The predicted molar refractivity (Wildman–Crippen MR) is 102 cm³/mol. The summed E-state index contributed by atoms with van der Waals surface area (Å²) in [6.45, 7) is 2.66. The van der Waals surface area contributed by atoms with Crippen LogP contribution in [0.25, 0.3) is 0 Å². The summed E-state index contributed by atoms with van der Waals surface area (Å²) in [5.74, 6) is -1.43. The fourth-order valence-electron chi connectivity index (χ4n) is 3.72. The van der Waals surface area contributed by atoms with Crippen LogP contribution in [0.1, 0.15) is 38.5 Å². The Balaban J connectivity index is 1.77. The summed E-state index contributed by atoms with van der Waals surface area (Å²) in [6.07, 6.45) is 4.90. The third kappa shape index (κ3) is 7.46. The third-order valence-corrected chi connectivity index (χ3v) is 5.88. The predicted octanol–water partition coefficient (Wildman–Crippen LogP) is -0.699. The Morgan fingerprint density at radius 1 is 1.21 bits per heavy atom. The lowest BCUT2D eigenvalue weighted by atomic mass is 9.92. The van der Waals surface area contributed by atoms with Gasteiger partial charge in [0.15, 0.2) is 0 Å². The van der Waals surface area contributed by atoms with Gasteiger partial charge >= 0.3 is 5.97 Å². The fourth-order valence-corrected chi connectivity index (χ4v) is 4.15. The van der Waals surface area contributed by atoms with Crippen molar-refractivity contribution in [3.05, 3.63) is 0 Å². The number of piperidine rings is 2. The number of rotatable bonds is 9. The normalized spacial score (nSPS) is 23.0. The summed E-state index contributed by atoms with van der Waals surface area (Å²) in [4.78, 5) is 37.7. The Kier molecular flexibility index (Phi) is 9.29. The molecule has 2 saturated heterocycles. The number of carbonyl (C=O) groups excluding carboxylic acids is 2. The summed E-state index contributed by atoms with van der Waals surface area (Å²) >= 11 is -2.49. The summed E-state index contributed by atoms with van der Waals surface area (Å²) in [5.41, 5.74) is 0. The molecule has 3 unspecified atom stereocenters. The quantitative estimate of drug-likeness (QED) is 0.311. The molecule has 0 spiro atoms. The molecule has 2 aliphatic rings. The zero-order valence-electron chi connectivity index (χ0n) is 15.9. The number of hydrogen-bond donors (Lipinski definition) is 5. The van der Waals surface area contributed by atoms with E-state index in [-0.39, 0.29) is 18.4 Å². The van der Waals surface area contributed by atoms with E-state index in [4.69, 9.17) is 9.66 Å². The van der Waals surface area contributed by atoms with Gasteiger partial charge in [-0.2, -0.15) is 4.72 Å². The first-order chi connectivity index (χ1) is 13.4. The van der Waals surface area contributed by atoms with E-state index in [2.05, 4.69) is 10.6 Å². The molecule has 0 aromatic rings. The molecule has 0 saturated carbocycles. The Morgan fingerprint density at radius 2 is 1.93 bits per heavy atom. The minimum Gasteiger partial charge on any atom is -0.480 e. The molecule has 160 valence electrons. The van der Waals surface area contributed by atoms with Crippen molar-refractivity contribution in [1.29, 1.82) is 0 Å². The van der Waals surface area contributed by atoms with Crippen LogP contribution in [0.5, 0.6) is 0 Å². The van der Waals surface area contributed by atoms with E-state index in [0.29, 0.717) is 31.8 Å². The number of carboxylic acid groups (broad SMARTS) is 1. The number of nitrogens with one attached hydrogen (secondary N) is 3. The largest absolute Gasteiger partial charge is 0.480 e. The average molecular weight is 419 g/mol. The molecule has 0 aliphatic carbocycles. The Morgan fingerprint density at radius 3 is 2.57 bits per heavy atom. The second-order valence-electron chi connectivity index (χ2n) is 7.41. The molecule has 11 heteroatoms. The second kappa shape index (κ2) is 11.4. The van der Waals surface area contributed by atoms with Gasteiger partial charge in [-0.25, -0.2) is 4.21 Å². The molecule has 0 radical (unpaired) electrons. The van der Waals surface area contributed by atoms with Crippen LogP contribution >= 0.6 is 0 Å². The number of nitrogens with zero attached hydrogens (tertiary/aromatic N) is 1. The van der Waals surface area contributed by atoms with Crippen LogP contribution in [0.4, 0.5) is 0 Å². The van der Waals surface area contributed by atoms with E-state index in [0.717, 1.165) is 38.8 Å². The molecule has 3 atom stereocenters. The lowest BCUT2D eigenvalue weighted by Gasteiger charge is -2.33. The van der Waals surface area contributed by atoms with Crippen molar-refractivity contribution in [2.75, 3.05) is 32.7 Å². The Labute approximate surface area is 167 Å². The lowest BCUT2D eigenvalue weighted by Crippen LogP contribution is -2.50. The van der Waals surface area contributed by atoms with E-state index >= 15 is 0 Å². The molecule has 5 N–H and O–H groups in total. The average Bonchev–Trinajstić information content (AvgIpc) is 2.69. The van der Waals surface area contributed by atoms with Crippen molar-refractivity contribution < 1.29 is 28.3 Å². The van der Waals surface area contributed by atoms with Gasteiger partial charge in [-0.1, -0.05) is 0 Å². The van der Waals surface area contributed by atoms with Gasteiger partial charge in [-0.15, -0.1) is 0 Å². The van der Waals surface area contributed by atoms with Gasteiger partial charge < -0.3 is 20.6 Å². The van der Waals surface area contributed by atoms with Crippen molar-refractivity contribution in [1.82, 2.24) is 20.3 Å². The molecule has 2 aliphatic heterocycles. The zero-order valence-corrected chi connectivity index (χ0v) is 16.7. The smallest absolute Gasteiger partial charge is 0.323 e. The number of carboxylic acids is 1.